The van der Waals surface area contributed by atoms with Gasteiger partial charge in [0.2, 0.25) is 0 Å². The quantitative estimate of drug-likeness (QED) is 0.0372. The van der Waals surface area contributed by atoms with Crippen molar-refractivity contribution >= 4 is 18.2 Å². The standard InChI is InChI=1S/C49H72N2O6/c1-14-15-24-38(2)27-20-28-39(3)25-16-17-26-40(4)29-21-30-41(5)31-22-32-42(6)33-23-34-43(7)37-55-45(52)44(51-47(54)57-49(11,12)13)35-18-19-36-50-46(53)56-48(8,9)10/h14-17,20-22,24-32,34,44H,1,18-19,23,33,35-37H2,2-13H3,(H,50,53)(H,51,54). The van der Waals surface area contributed by atoms with Gasteiger partial charge in [0.15, 0.2) is 0 Å². The van der Waals surface area contributed by atoms with Gasteiger partial charge in [0.1, 0.15) is 23.9 Å². The predicted octanol–water partition coefficient (Wildman–Crippen LogP) is 12.5. The van der Waals surface area contributed by atoms with Gasteiger partial charge in [-0.3, -0.25) is 0 Å². The highest BCUT2D eigenvalue weighted by Gasteiger charge is 2.25. The molecule has 0 radical (unpaired) electrons. The van der Waals surface area contributed by atoms with Gasteiger partial charge in [0.05, 0.1) is 0 Å². The predicted molar refractivity (Wildman–Crippen MR) is 240 cm³/mol. The van der Waals surface area contributed by atoms with Gasteiger partial charge in [-0.1, -0.05) is 138 Å². The maximum atomic E-state index is 13.0. The number of nitrogens with one attached hydrogen (secondary N) is 2. The highest BCUT2D eigenvalue weighted by molar-refractivity contribution is 5.81. The monoisotopic (exact) mass is 785 g/mol. The van der Waals surface area contributed by atoms with Gasteiger partial charge in [-0.15, -0.1) is 0 Å². The van der Waals surface area contributed by atoms with E-state index in [4.69, 9.17) is 14.2 Å². The van der Waals surface area contributed by atoms with Crippen molar-refractivity contribution in [3.05, 3.63) is 143 Å². The number of ether oxygens (including phenoxy) is 3. The first-order valence-electron chi connectivity index (χ1n) is 19.8. The first-order valence-corrected chi connectivity index (χ1v) is 19.8. The number of rotatable bonds is 22. The zero-order valence-electron chi connectivity index (χ0n) is 37.0. The van der Waals surface area contributed by atoms with Crippen LogP contribution in [-0.2, 0) is 19.0 Å². The van der Waals surface area contributed by atoms with E-state index in [9.17, 15) is 14.4 Å². The van der Waals surface area contributed by atoms with E-state index in [1.54, 1.807) is 47.6 Å². The lowest BCUT2D eigenvalue weighted by atomic mass is 10.1. The van der Waals surface area contributed by atoms with E-state index in [0.717, 1.165) is 29.6 Å². The normalized spacial score (nSPS) is 14.9. The average molecular weight is 785 g/mol. The van der Waals surface area contributed by atoms with Crippen LogP contribution in [0.15, 0.2) is 143 Å². The van der Waals surface area contributed by atoms with Crippen molar-refractivity contribution in [1.82, 2.24) is 10.6 Å². The maximum Gasteiger partial charge on any atom is 0.408 e. The van der Waals surface area contributed by atoms with Crippen molar-refractivity contribution in [3.8, 4) is 0 Å². The van der Waals surface area contributed by atoms with Crippen molar-refractivity contribution in [3.63, 3.8) is 0 Å². The van der Waals surface area contributed by atoms with E-state index in [0.29, 0.717) is 25.8 Å². The molecular formula is C49H72N2O6. The van der Waals surface area contributed by atoms with Gasteiger partial charge in [-0.2, -0.15) is 0 Å². The minimum Gasteiger partial charge on any atom is -0.460 e. The molecule has 1 unspecified atom stereocenters. The van der Waals surface area contributed by atoms with Gasteiger partial charge >= 0.3 is 18.2 Å². The van der Waals surface area contributed by atoms with Crippen LogP contribution < -0.4 is 10.6 Å². The summed E-state index contributed by atoms with van der Waals surface area (Å²) in [5.74, 6) is -0.532. The Balaban J connectivity index is 4.96. The minimum absolute atomic E-state index is 0.123. The number of amides is 2. The summed E-state index contributed by atoms with van der Waals surface area (Å²) in [4.78, 5) is 37.4. The van der Waals surface area contributed by atoms with E-state index in [-0.39, 0.29) is 6.61 Å². The summed E-state index contributed by atoms with van der Waals surface area (Å²) >= 11 is 0. The Kier molecular flexibility index (Phi) is 26.6. The number of alkyl carbamates (subject to hydrolysis) is 2. The molecule has 0 spiro atoms. The second kappa shape index (κ2) is 29.2. The first kappa shape index (κ1) is 51.9. The molecule has 0 aromatic carbocycles. The molecule has 0 aliphatic heterocycles. The van der Waals surface area contributed by atoms with Crippen LogP contribution in [0.5, 0.6) is 0 Å². The summed E-state index contributed by atoms with van der Waals surface area (Å²) in [7, 11) is 0. The number of hydrogen-bond acceptors (Lipinski definition) is 6. The number of unbranched alkanes of at least 4 members (excludes halogenated alkanes) is 1. The number of allylic oxidation sites excluding steroid dienone is 22. The Morgan fingerprint density at radius 2 is 1.09 bits per heavy atom. The first-order chi connectivity index (χ1) is 26.7. The van der Waals surface area contributed by atoms with Gasteiger partial charge in [0, 0.05) is 6.54 Å². The highest BCUT2D eigenvalue weighted by atomic mass is 16.6. The Hall–Kier alpha value is -5.11. The fourth-order valence-electron chi connectivity index (χ4n) is 4.58. The molecule has 8 nitrogen and oxygen atoms in total. The van der Waals surface area contributed by atoms with Crippen molar-refractivity contribution in [1.29, 1.82) is 0 Å². The summed E-state index contributed by atoms with van der Waals surface area (Å²) in [5.41, 5.74) is 5.49. The summed E-state index contributed by atoms with van der Waals surface area (Å²) in [6.45, 7) is 27.2. The maximum absolute atomic E-state index is 13.0. The van der Waals surface area contributed by atoms with Crippen molar-refractivity contribution < 1.29 is 28.6 Å². The van der Waals surface area contributed by atoms with E-state index in [1.165, 1.54) is 16.7 Å². The van der Waals surface area contributed by atoms with Crippen molar-refractivity contribution in [2.75, 3.05) is 13.2 Å². The third-order valence-electron chi connectivity index (χ3n) is 7.54. The van der Waals surface area contributed by atoms with E-state index in [2.05, 4.69) is 119 Å². The third kappa shape index (κ3) is 32.8. The number of hydrogen-bond donors (Lipinski definition) is 2. The fraction of sp³-hybridized carbons (Fsp3) is 0.449. The van der Waals surface area contributed by atoms with Gasteiger partial charge in [0.25, 0.3) is 0 Å². The lowest BCUT2D eigenvalue weighted by Gasteiger charge is -2.23. The highest BCUT2D eigenvalue weighted by Crippen LogP contribution is 2.12. The minimum atomic E-state index is -0.879. The molecule has 0 aromatic heterocycles. The molecule has 0 saturated heterocycles. The zero-order chi connectivity index (χ0) is 43.3. The van der Waals surface area contributed by atoms with Crippen molar-refractivity contribution in [2.24, 2.45) is 0 Å². The third-order valence-corrected chi connectivity index (χ3v) is 7.54. The average Bonchev–Trinajstić information content (AvgIpc) is 3.09. The second-order valence-corrected chi connectivity index (χ2v) is 16.0. The lowest BCUT2D eigenvalue weighted by Crippen LogP contribution is -2.44. The molecule has 8 heteroatoms. The molecule has 0 rings (SSSR count). The van der Waals surface area contributed by atoms with Crippen LogP contribution >= 0.6 is 0 Å². The van der Waals surface area contributed by atoms with E-state index < -0.39 is 35.4 Å². The van der Waals surface area contributed by atoms with Crippen molar-refractivity contribution in [2.45, 2.75) is 132 Å². The number of carbonyl (C=O) groups is 3. The fourth-order valence-corrected chi connectivity index (χ4v) is 4.58. The molecule has 0 fully saturated rings. The van der Waals surface area contributed by atoms with Gasteiger partial charge in [-0.05, 0) is 121 Å². The molecule has 0 aromatic rings. The van der Waals surface area contributed by atoms with Crippen LogP contribution in [0.1, 0.15) is 115 Å². The van der Waals surface area contributed by atoms with Crippen LogP contribution in [0, 0.1) is 0 Å². The molecule has 0 heterocycles. The van der Waals surface area contributed by atoms with Crippen LogP contribution in [0.25, 0.3) is 0 Å². The molecular weight excluding hydrogens is 713 g/mol. The SMILES string of the molecule is C=CC=CC(C)=CC=CC(C)=CC=CC=C(C)C=CC=C(C)C=CC=C(C)CCC=C(C)COC(=O)C(CCCCNC(=O)OC(C)(C)C)NC(=O)OC(C)(C)C. The second-order valence-electron chi connectivity index (χ2n) is 16.0. The van der Waals surface area contributed by atoms with Crippen LogP contribution in [0.2, 0.25) is 0 Å². The summed E-state index contributed by atoms with van der Waals surface area (Å²) in [6.07, 6.45) is 36.7. The van der Waals surface area contributed by atoms with E-state index in [1.807, 2.05) is 37.3 Å². The van der Waals surface area contributed by atoms with Crippen LogP contribution in [0.4, 0.5) is 9.59 Å². The molecule has 2 amide bonds. The Labute approximate surface area is 345 Å². The number of carbonyl (C=O) groups excluding carboxylic acids is 3. The number of esters is 1. The van der Waals surface area contributed by atoms with Crippen LogP contribution in [-0.4, -0.2) is 48.6 Å². The molecule has 0 aliphatic rings. The van der Waals surface area contributed by atoms with Gasteiger partial charge < -0.3 is 24.8 Å². The molecule has 2 N–H and O–H groups in total. The summed E-state index contributed by atoms with van der Waals surface area (Å²) in [5, 5.41) is 5.36. The van der Waals surface area contributed by atoms with E-state index >= 15 is 0 Å². The molecule has 57 heavy (non-hydrogen) atoms. The zero-order valence-corrected chi connectivity index (χ0v) is 37.0. The smallest absolute Gasteiger partial charge is 0.408 e. The lowest BCUT2D eigenvalue weighted by molar-refractivity contribution is -0.145. The van der Waals surface area contributed by atoms with Crippen LogP contribution in [0.3, 0.4) is 0 Å². The summed E-state index contributed by atoms with van der Waals surface area (Å²) < 4.78 is 16.2. The molecule has 314 valence electrons. The Morgan fingerprint density at radius 3 is 1.60 bits per heavy atom. The largest absolute Gasteiger partial charge is 0.460 e. The molecule has 0 bridgehead atoms. The Morgan fingerprint density at radius 1 is 0.614 bits per heavy atom. The molecule has 0 saturated carbocycles. The topological polar surface area (TPSA) is 103 Å². The van der Waals surface area contributed by atoms with Gasteiger partial charge in [-0.25, -0.2) is 14.4 Å². The molecule has 1 atom stereocenters. The molecule has 0 aliphatic carbocycles. The summed E-state index contributed by atoms with van der Waals surface area (Å²) in [6, 6.07) is -0.879. The Bertz CT molecular complexity index is 1630.